The van der Waals surface area contributed by atoms with Gasteiger partial charge in [0.15, 0.2) is 0 Å². The van der Waals surface area contributed by atoms with Crippen LogP contribution in [-0.2, 0) is 9.59 Å². The van der Waals surface area contributed by atoms with E-state index >= 15 is 0 Å². The van der Waals surface area contributed by atoms with E-state index in [-0.39, 0.29) is 24.4 Å². The van der Waals surface area contributed by atoms with E-state index in [0.717, 1.165) is 54.3 Å². The summed E-state index contributed by atoms with van der Waals surface area (Å²) in [6.07, 6.45) is 8.27. The number of aromatic nitrogens is 2. The number of pyridine rings is 1. The van der Waals surface area contributed by atoms with E-state index in [1.807, 2.05) is 24.4 Å². The standard InChI is InChI=1S/C21H23N5O2/c1-2-15-11-14(7-10-25(15)20(28)5-8-22)18-12-19(26(13-27)16-3-4-16)24-21-17(18)6-9-23-21/h6-7,9,12-13,15-16H,2-5,10-11H2,1H3,(H,23,24). The van der Waals surface area contributed by atoms with Gasteiger partial charge in [0.1, 0.15) is 17.9 Å². The Morgan fingerprint density at radius 1 is 1.50 bits per heavy atom. The number of nitrogens with one attached hydrogen (secondary N) is 1. The van der Waals surface area contributed by atoms with Crippen molar-refractivity contribution in [2.45, 2.75) is 51.1 Å². The predicted octanol–water partition coefficient (Wildman–Crippen LogP) is 3.00. The molecule has 0 aromatic carbocycles. The van der Waals surface area contributed by atoms with Crippen LogP contribution in [0, 0.1) is 11.3 Å². The second-order valence-corrected chi connectivity index (χ2v) is 7.39. The Balaban J connectivity index is 1.72. The van der Waals surface area contributed by atoms with Crippen molar-refractivity contribution < 1.29 is 9.59 Å². The zero-order valence-electron chi connectivity index (χ0n) is 15.9. The number of carbonyl (C=O) groups excluding carboxylic acids is 2. The Morgan fingerprint density at radius 2 is 2.32 bits per heavy atom. The number of hydrogen-bond acceptors (Lipinski definition) is 4. The van der Waals surface area contributed by atoms with Gasteiger partial charge in [0.25, 0.3) is 0 Å². The molecule has 1 N–H and O–H groups in total. The van der Waals surface area contributed by atoms with Crippen LogP contribution in [0.4, 0.5) is 5.82 Å². The van der Waals surface area contributed by atoms with Crippen molar-refractivity contribution in [3.8, 4) is 6.07 Å². The number of nitriles is 1. The molecule has 0 bridgehead atoms. The van der Waals surface area contributed by atoms with Gasteiger partial charge < -0.3 is 9.88 Å². The van der Waals surface area contributed by atoms with Crippen molar-refractivity contribution >= 4 is 34.7 Å². The summed E-state index contributed by atoms with van der Waals surface area (Å²) in [5, 5.41) is 9.87. The van der Waals surface area contributed by atoms with Gasteiger partial charge >= 0.3 is 0 Å². The van der Waals surface area contributed by atoms with Crippen LogP contribution in [0.25, 0.3) is 16.6 Å². The molecule has 4 rings (SSSR count). The van der Waals surface area contributed by atoms with Crippen molar-refractivity contribution in [2.24, 2.45) is 0 Å². The average Bonchev–Trinajstić information content (AvgIpc) is 3.43. The fourth-order valence-corrected chi connectivity index (χ4v) is 3.97. The Hall–Kier alpha value is -3.14. The Kier molecular flexibility index (Phi) is 4.86. The molecule has 1 aliphatic heterocycles. The fourth-order valence-electron chi connectivity index (χ4n) is 3.97. The summed E-state index contributed by atoms with van der Waals surface area (Å²) in [5.41, 5.74) is 2.97. The molecule has 1 saturated carbocycles. The van der Waals surface area contributed by atoms with E-state index in [1.54, 1.807) is 9.80 Å². The topological polar surface area (TPSA) is 93.1 Å². The van der Waals surface area contributed by atoms with Crippen LogP contribution in [0.1, 0.15) is 44.6 Å². The van der Waals surface area contributed by atoms with Crippen LogP contribution in [0.15, 0.2) is 24.4 Å². The molecule has 7 nitrogen and oxygen atoms in total. The summed E-state index contributed by atoms with van der Waals surface area (Å²) in [4.78, 5) is 35.2. The van der Waals surface area contributed by atoms with Crippen LogP contribution in [0.2, 0.25) is 0 Å². The maximum absolute atomic E-state index is 12.3. The summed E-state index contributed by atoms with van der Waals surface area (Å²) in [5.74, 6) is 0.548. The minimum absolute atomic E-state index is 0.0667. The van der Waals surface area contributed by atoms with Crippen LogP contribution in [0.3, 0.4) is 0 Å². The maximum Gasteiger partial charge on any atom is 0.237 e. The van der Waals surface area contributed by atoms with Gasteiger partial charge in [-0.25, -0.2) is 4.98 Å². The lowest BCUT2D eigenvalue weighted by molar-refractivity contribution is -0.132. The average molecular weight is 377 g/mol. The third kappa shape index (κ3) is 3.26. The van der Waals surface area contributed by atoms with E-state index in [4.69, 9.17) is 5.26 Å². The molecule has 2 aromatic heterocycles. The van der Waals surface area contributed by atoms with Crippen molar-refractivity contribution in [1.29, 1.82) is 5.26 Å². The van der Waals surface area contributed by atoms with E-state index in [9.17, 15) is 9.59 Å². The molecule has 144 valence electrons. The summed E-state index contributed by atoms with van der Waals surface area (Å²) in [7, 11) is 0. The lowest BCUT2D eigenvalue weighted by Crippen LogP contribution is -2.42. The number of rotatable bonds is 6. The highest BCUT2D eigenvalue weighted by atomic mass is 16.2. The molecule has 1 aliphatic carbocycles. The summed E-state index contributed by atoms with van der Waals surface area (Å²) >= 11 is 0. The monoisotopic (exact) mass is 377 g/mol. The second-order valence-electron chi connectivity index (χ2n) is 7.39. The molecular weight excluding hydrogens is 354 g/mol. The normalized spacial score (nSPS) is 19.2. The highest BCUT2D eigenvalue weighted by molar-refractivity contribution is 5.94. The molecule has 1 fully saturated rings. The number of aromatic amines is 1. The zero-order valence-corrected chi connectivity index (χ0v) is 15.9. The van der Waals surface area contributed by atoms with Crippen LogP contribution in [0.5, 0.6) is 0 Å². The molecule has 28 heavy (non-hydrogen) atoms. The van der Waals surface area contributed by atoms with E-state index in [0.29, 0.717) is 12.4 Å². The molecule has 3 heterocycles. The predicted molar refractivity (Wildman–Crippen MR) is 106 cm³/mol. The highest BCUT2D eigenvalue weighted by Crippen LogP contribution is 2.36. The molecule has 0 spiro atoms. The number of anilines is 1. The zero-order chi connectivity index (χ0) is 19.7. The molecule has 0 radical (unpaired) electrons. The molecule has 0 saturated heterocycles. The molecule has 2 amide bonds. The molecule has 7 heteroatoms. The van der Waals surface area contributed by atoms with Gasteiger partial charge in [-0.1, -0.05) is 13.0 Å². The van der Waals surface area contributed by atoms with Gasteiger partial charge in [0, 0.05) is 30.2 Å². The Bertz CT molecular complexity index is 982. The first-order chi connectivity index (χ1) is 13.7. The molecule has 1 atom stereocenters. The lowest BCUT2D eigenvalue weighted by Gasteiger charge is -2.35. The van der Waals surface area contributed by atoms with Crippen molar-refractivity contribution in [2.75, 3.05) is 11.4 Å². The highest BCUT2D eigenvalue weighted by Gasteiger charge is 2.31. The summed E-state index contributed by atoms with van der Waals surface area (Å²) in [6, 6.07) is 6.26. The number of fused-ring (bicyclic) bond motifs is 1. The van der Waals surface area contributed by atoms with Crippen LogP contribution >= 0.6 is 0 Å². The Labute approximate surface area is 163 Å². The number of nitrogens with zero attached hydrogens (tertiary/aromatic N) is 4. The van der Waals surface area contributed by atoms with Gasteiger partial charge in [-0.3, -0.25) is 14.5 Å². The number of amides is 2. The first-order valence-electron chi connectivity index (χ1n) is 9.73. The van der Waals surface area contributed by atoms with E-state index < -0.39 is 0 Å². The third-order valence-corrected chi connectivity index (χ3v) is 5.63. The van der Waals surface area contributed by atoms with Gasteiger partial charge in [-0.2, -0.15) is 5.26 Å². The number of carbonyl (C=O) groups is 2. The minimum Gasteiger partial charge on any atom is -0.346 e. The molecule has 2 aromatic rings. The lowest BCUT2D eigenvalue weighted by atomic mass is 9.91. The van der Waals surface area contributed by atoms with Gasteiger partial charge in [-0.15, -0.1) is 0 Å². The smallest absolute Gasteiger partial charge is 0.237 e. The van der Waals surface area contributed by atoms with Gasteiger partial charge in [0.05, 0.1) is 6.07 Å². The van der Waals surface area contributed by atoms with Crippen molar-refractivity contribution in [3.63, 3.8) is 0 Å². The second kappa shape index (κ2) is 7.47. The van der Waals surface area contributed by atoms with E-state index in [1.165, 1.54) is 0 Å². The van der Waals surface area contributed by atoms with Crippen molar-refractivity contribution in [1.82, 2.24) is 14.9 Å². The maximum atomic E-state index is 12.3. The SMILES string of the molecule is CCC1CC(c2cc(N(C=O)C3CC3)nc3[nH]ccc23)=CCN1C(=O)CC#N. The minimum atomic E-state index is -0.118. The number of hydrogen-bond donors (Lipinski definition) is 1. The Morgan fingerprint density at radius 3 is 3.00 bits per heavy atom. The molecular formula is C21H23N5O2. The first-order valence-corrected chi connectivity index (χ1v) is 9.73. The molecule has 1 unspecified atom stereocenters. The quantitative estimate of drug-likeness (QED) is 0.783. The molecule has 2 aliphatic rings. The summed E-state index contributed by atoms with van der Waals surface area (Å²) in [6.45, 7) is 2.56. The summed E-state index contributed by atoms with van der Waals surface area (Å²) < 4.78 is 0. The fraction of sp³-hybridized carbons (Fsp3) is 0.429. The third-order valence-electron chi connectivity index (χ3n) is 5.63. The largest absolute Gasteiger partial charge is 0.346 e. The van der Waals surface area contributed by atoms with Crippen LogP contribution in [-0.4, -0.2) is 45.8 Å². The van der Waals surface area contributed by atoms with Gasteiger partial charge in [-0.05, 0) is 49.0 Å². The van der Waals surface area contributed by atoms with Gasteiger partial charge in [0.2, 0.25) is 12.3 Å². The van der Waals surface area contributed by atoms with Crippen LogP contribution < -0.4 is 4.90 Å². The first kappa shape index (κ1) is 18.2. The van der Waals surface area contributed by atoms with Crippen molar-refractivity contribution in [3.05, 3.63) is 30.0 Å². The van der Waals surface area contributed by atoms with E-state index in [2.05, 4.69) is 23.0 Å². The number of H-pyrrole nitrogens is 1.